The van der Waals surface area contributed by atoms with Gasteiger partial charge in [0.05, 0.1) is 44.5 Å². The minimum Gasteiger partial charge on any atom is -0.390 e. The van der Waals surface area contributed by atoms with E-state index in [0.29, 0.717) is 77.4 Å². The molecule has 4 bridgehead atoms. The van der Waals surface area contributed by atoms with Crippen molar-refractivity contribution in [1.82, 2.24) is 39.9 Å². The maximum atomic E-state index is 13.0. The SMILES string of the molecule is C[C@H]1C(O)O[C@H](Cn2cc(CCCNC(=O)CN3CCN4CCN5CCN(CC3)CC(=O)OC(OC(=O)C4)OC(=O)C5)nn2)[C@@H](O)[C@@H]1O. The molecule has 48 heavy (non-hydrogen) atoms. The van der Waals surface area contributed by atoms with Crippen molar-refractivity contribution in [2.75, 3.05) is 85.1 Å². The lowest BCUT2D eigenvalue weighted by molar-refractivity contribution is -0.263. The lowest BCUT2D eigenvalue weighted by Crippen LogP contribution is -2.54. The van der Waals surface area contributed by atoms with Crippen LogP contribution in [0, 0.1) is 5.92 Å². The number of aryl methyl sites for hydroxylation is 1. The number of rotatable bonds is 8. The molecular weight excluding hydrogens is 636 g/mol. The summed E-state index contributed by atoms with van der Waals surface area (Å²) in [7, 11) is 0. The molecule has 4 aliphatic heterocycles. The summed E-state index contributed by atoms with van der Waals surface area (Å²) in [6.45, 7) is 4.05. The molecule has 4 fully saturated rings. The predicted octanol–water partition coefficient (Wildman–Crippen LogP) is -4.44. The van der Waals surface area contributed by atoms with Crippen LogP contribution >= 0.6 is 0 Å². The first-order valence-corrected chi connectivity index (χ1v) is 16.4. The van der Waals surface area contributed by atoms with Gasteiger partial charge in [0.1, 0.15) is 12.2 Å². The number of ether oxygens (including phenoxy) is 4. The number of carbonyl (C=O) groups excluding carboxylic acids is 4. The molecule has 5 rings (SSSR count). The van der Waals surface area contributed by atoms with E-state index in [1.807, 2.05) is 19.6 Å². The van der Waals surface area contributed by atoms with Crippen LogP contribution in [0.25, 0.3) is 0 Å². The molecule has 19 nitrogen and oxygen atoms in total. The number of aliphatic hydroxyl groups is 3. The first-order valence-electron chi connectivity index (χ1n) is 16.4. The Bertz CT molecular complexity index is 1230. The fourth-order valence-electron chi connectivity index (χ4n) is 5.98. The maximum Gasteiger partial charge on any atom is 0.412 e. The van der Waals surface area contributed by atoms with Crippen LogP contribution in [0.15, 0.2) is 6.20 Å². The molecule has 1 aromatic rings. The number of nitrogens with one attached hydrogen (secondary N) is 1. The van der Waals surface area contributed by atoms with Gasteiger partial charge in [-0.3, -0.25) is 38.8 Å². The Labute approximate surface area is 277 Å². The molecule has 0 radical (unpaired) electrons. The quantitative estimate of drug-likeness (QED) is 0.150. The molecule has 5 heterocycles. The third-order valence-electron chi connectivity index (χ3n) is 8.96. The smallest absolute Gasteiger partial charge is 0.390 e. The van der Waals surface area contributed by atoms with Crippen molar-refractivity contribution in [2.45, 2.75) is 57.4 Å². The highest BCUT2D eigenvalue weighted by molar-refractivity contribution is 5.78. The lowest BCUT2D eigenvalue weighted by Gasteiger charge is -2.39. The summed E-state index contributed by atoms with van der Waals surface area (Å²) < 4.78 is 22.4. The lowest BCUT2D eigenvalue weighted by atomic mass is 9.92. The molecular formula is C29H46N8O11. The second-order valence-corrected chi connectivity index (χ2v) is 12.7. The minimum absolute atomic E-state index is 0.0348. The highest BCUT2D eigenvalue weighted by Crippen LogP contribution is 2.25. The summed E-state index contributed by atoms with van der Waals surface area (Å²) in [5.41, 5.74) is 0.675. The first-order chi connectivity index (χ1) is 23.0. The number of hydrogen-bond donors (Lipinski definition) is 4. The van der Waals surface area contributed by atoms with E-state index in [1.54, 1.807) is 13.1 Å². The third-order valence-corrected chi connectivity index (χ3v) is 8.96. The number of amides is 1. The number of esters is 3. The van der Waals surface area contributed by atoms with E-state index < -0.39 is 54.9 Å². The molecule has 19 heteroatoms. The Kier molecular flexibility index (Phi) is 12.7. The average Bonchev–Trinajstić information content (AvgIpc) is 3.47. The van der Waals surface area contributed by atoms with Gasteiger partial charge in [-0.25, -0.2) is 4.68 Å². The highest BCUT2D eigenvalue weighted by Gasteiger charge is 2.41. The fourth-order valence-corrected chi connectivity index (χ4v) is 5.98. The predicted molar refractivity (Wildman–Crippen MR) is 161 cm³/mol. The van der Waals surface area contributed by atoms with Gasteiger partial charge in [0.25, 0.3) is 0 Å². The van der Waals surface area contributed by atoms with Crippen LogP contribution in [-0.2, 0) is 51.1 Å². The van der Waals surface area contributed by atoms with E-state index >= 15 is 0 Å². The summed E-state index contributed by atoms with van der Waals surface area (Å²) in [5, 5.41) is 41.6. The van der Waals surface area contributed by atoms with Gasteiger partial charge in [0, 0.05) is 71.0 Å². The zero-order chi connectivity index (χ0) is 34.2. The average molecular weight is 683 g/mol. The van der Waals surface area contributed by atoms with Crippen LogP contribution in [0.1, 0.15) is 19.0 Å². The van der Waals surface area contributed by atoms with Crippen molar-refractivity contribution >= 4 is 23.8 Å². The molecule has 7 atom stereocenters. The summed E-state index contributed by atoms with van der Waals surface area (Å²) >= 11 is 0. The highest BCUT2D eigenvalue weighted by atomic mass is 16.9. The van der Waals surface area contributed by atoms with Crippen molar-refractivity contribution in [1.29, 1.82) is 0 Å². The van der Waals surface area contributed by atoms with E-state index in [-0.39, 0.29) is 38.6 Å². The number of carbonyl (C=O) groups is 4. The van der Waals surface area contributed by atoms with Crippen LogP contribution in [0.2, 0.25) is 0 Å². The topological polar surface area (TPSA) is 222 Å². The van der Waals surface area contributed by atoms with Crippen LogP contribution in [0.5, 0.6) is 0 Å². The molecule has 0 saturated carbocycles. The Morgan fingerprint density at radius 1 is 0.854 bits per heavy atom. The van der Waals surface area contributed by atoms with E-state index in [0.717, 1.165) is 0 Å². The van der Waals surface area contributed by atoms with Crippen LogP contribution in [-0.4, -0.2) is 190 Å². The molecule has 1 aromatic heterocycles. The Morgan fingerprint density at radius 2 is 1.40 bits per heavy atom. The summed E-state index contributed by atoms with van der Waals surface area (Å²) in [6, 6.07) is 0. The minimum atomic E-state index is -1.74. The summed E-state index contributed by atoms with van der Waals surface area (Å²) in [5.74, 6) is -2.84. The second-order valence-electron chi connectivity index (χ2n) is 12.7. The van der Waals surface area contributed by atoms with Gasteiger partial charge >= 0.3 is 24.4 Å². The van der Waals surface area contributed by atoms with E-state index in [9.17, 15) is 34.5 Å². The van der Waals surface area contributed by atoms with E-state index in [2.05, 4.69) is 15.6 Å². The van der Waals surface area contributed by atoms with Crippen LogP contribution in [0.4, 0.5) is 0 Å². The normalized spacial score (nSPS) is 34.1. The Balaban J connectivity index is 1.12. The Morgan fingerprint density at radius 3 is 1.96 bits per heavy atom. The van der Waals surface area contributed by atoms with Gasteiger partial charge in [-0.2, -0.15) is 0 Å². The Hall–Kier alpha value is -3.30. The largest absolute Gasteiger partial charge is 0.412 e. The number of fused-ring (bicyclic) bond motifs is 7. The zero-order valence-corrected chi connectivity index (χ0v) is 27.1. The standard InChI is InChI=1S/C29H46N8O11/c1-19-26(42)27(43)21(45-28(19)44)14-37-13-20(31-32-37)3-2-4-30-22(38)15-33-5-7-34-9-11-36-12-10-35(8-6-33)17-24(40)47-29(46-23(39)16-34)48-25(41)18-36/h13,19,21,26-29,42-44H,2-12,14-18H2,1H3,(H,30,38)/t19-,21-,26-,27-,28?/m1/s1. The number of aromatic nitrogens is 3. The molecule has 268 valence electrons. The third kappa shape index (κ3) is 10.3. The van der Waals surface area contributed by atoms with Gasteiger partial charge in [-0.15, -0.1) is 5.10 Å². The molecule has 4 saturated heterocycles. The van der Waals surface area contributed by atoms with Crippen molar-refractivity contribution in [3.8, 4) is 0 Å². The molecule has 4 aliphatic rings. The maximum absolute atomic E-state index is 13.0. The molecule has 0 aromatic carbocycles. The first kappa shape index (κ1) is 36.0. The van der Waals surface area contributed by atoms with Crippen molar-refractivity contribution < 1.29 is 53.4 Å². The van der Waals surface area contributed by atoms with Gasteiger partial charge in [-0.1, -0.05) is 12.1 Å². The summed E-state index contributed by atoms with van der Waals surface area (Å²) in [4.78, 5) is 58.4. The molecule has 0 spiro atoms. The number of aliphatic hydroxyl groups excluding tert-OH is 3. The fraction of sp³-hybridized carbons (Fsp3) is 0.793. The van der Waals surface area contributed by atoms with Crippen molar-refractivity contribution in [2.24, 2.45) is 5.92 Å². The van der Waals surface area contributed by atoms with Crippen molar-refractivity contribution in [3.63, 3.8) is 0 Å². The molecule has 3 unspecified atom stereocenters. The molecule has 0 aliphatic carbocycles. The van der Waals surface area contributed by atoms with Gasteiger partial charge in [0.2, 0.25) is 5.91 Å². The molecule has 4 N–H and O–H groups in total. The zero-order valence-electron chi connectivity index (χ0n) is 27.1. The van der Waals surface area contributed by atoms with Crippen LogP contribution in [0.3, 0.4) is 0 Å². The van der Waals surface area contributed by atoms with Crippen LogP contribution < -0.4 is 5.32 Å². The van der Waals surface area contributed by atoms with Crippen molar-refractivity contribution in [3.05, 3.63) is 11.9 Å². The monoisotopic (exact) mass is 682 g/mol. The summed E-state index contributed by atoms with van der Waals surface area (Å²) in [6.07, 6.45) is -1.51. The molecule has 1 amide bonds. The van der Waals surface area contributed by atoms with Gasteiger partial charge in [0.15, 0.2) is 6.29 Å². The number of nitrogens with zero attached hydrogens (tertiary/aromatic N) is 7. The number of hydrogen-bond acceptors (Lipinski definition) is 17. The van der Waals surface area contributed by atoms with Gasteiger partial charge < -0.3 is 39.6 Å². The van der Waals surface area contributed by atoms with E-state index in [1.165, 1.54) is 4.68 Å². The van der Waals surface area contributed by atoms with Gasteiger partial charge in [-0.05, 0) is 12.8 Å². The van der Waals surface area contributed by atoms with E-state index in [4.69, 9.17) is 18.9 Å². The second kappa shape index (κ2) is 16.9.